The number of hydrogen-bond donors (Lipinski definition) is 1. The lowest BCUT2D eigenvalue weighted by molar-refractivity contribution is -0.132. The van der Waals surface area contributed by atoms with Gasteiger partial charge in [-0.15, -0.1) is 0 Å². The lowest BCUT2D eigenvalue weighted by Crippen LogP contribution is -2.32. The first-order valence-corrected chi connectivity index (χ1v) is 10.7. The number of aromatic nitrogens is 2. The van der Waals surface area contributed by atoms with E-state index in [0.29, 0.717) is 42.2 Å². The molecule has 4 rings (SSSR count). The van der Waals surface area contributed by atoms with Crippen LogP contribution in [0.3, 0.4) is 0 Å². The zero-order valence-corrected chi connectivity index (χ0v) is 17.9. The maximum Gasteiger partial charge on any atom is 0.259 e. The molecule has 0 radical (unpaired) electrons. The molecule has 0 bridgehead atoms. The zero-order chi connectivity index (χ0) is 22.5. The second-order valence-corrected chi connectivity index (χ2v) is 7.92. The third-order valence-electron chi connectivity index (χ3n) is 5.69. The molecule has 1 aliphatic heterocycles. The Morgan fingerprint density at radius 3 is 2.59 bits per heavy atom. The molecule has 164 valence electrons. The molecule has 0 saturated carbocycles. The number of carbonyl (C=O) groups is 2. The van der Waals surface area contributed by atoms with Gasteiger partial charge in [0.25, 0.3) is 5.91 Å². The van der Waals surface area contributed by atoms with Gasteiger partial charge in [0.1, 0.15) is 5.82 Å². The average molecular weight is 432 g/mol. The number of benzene rings is 2. The van der Waals surface area contributed by atoms with Gasteiger partial charge in [-0.2, -0.15) is 0 Å². The first-order chi connectivity index (χ1) is 15.5. The van der Waals surface area contributed by atoms with Gasteiger partial charge in [0.2, 0.25) is 5.91 Å². The number of hydrogen-bond acceptors (Lipinski definition) is 4. The molecule has 7 heteroatoms. The van der Waals surface area contributed by atoms with Crippen LogP contribution in [0.4, 0.5) is 10.1 Å². The van der Waals surface area contributed by atoms with Gasteiger partial charge >= 0.3 is 0 Å². The van der Waals surface area contributed by atoms with E-state index in [1.165, 1.54) is 18.3 Å². The minimum Gasteiger partial charge on any atom is -0.332 e. The second-order valence-electron chi connectivity index (χ2n) is 7.92. The van der Waals surface area contributed by atoms with Crippen molar-refractivity contribution >= 4 is 17.5 Å². The van der Waals surface area contributed by atoms with E-state index in [4.69, 9.17) is 0 Å². The van der Waals surface area contributed by atoms with Crippen LogP contribution >= 0.6 is 0 Å². The van der Waals surface area contributed by atoms with Gasteiger partial charge in [0.15, 0.2) is 5.82 Å². The molecule has 2 aromatic carbocycles. The highest BCUT2D eigenvalue weighted by Gasteiger charge is 2.32. The van der Waals surface area contributed by atoms with Gasteiger partial charge in [-0.25, -0.2) is 14.4 Å². The van der Waals surface area contributed by atoms with Gasteiger partial charge in [0.05, 0.1) is 17.3 Å². The van der Waals surface area contributed by atoms with Crippen LogP contribution in [0, 0.1) is 12.7 Å². The highest BCUT2D eigenvalue weighted by molar-refractivity contribution is 6.04. The van der Waals surface area contributed by atoms with Crippen LogP contribution in [0.1, 0.15) is 52.7 Å². The van der Waals surface area contributed by atoms with Gasteiger partial charge in [0, 0.05) is 24.8 Å². The Bertz CT molecular complexity index is 1100. The van der Waals surface area contributed by atoms with Crippen molar-refractivity contribution in [2.24, 2.45) is 0 Å². The van der Waals surface area contributed by atoms with E-state index < -0.39 is 0 Å². The molecule has 0 aliphatic carbocycles. The molecule has 1 aliphatic rings. The fraction of sp³-hybridized carbons (Fsp3) is 0.280. The van der Waals surface area contributed by atoms with Gasteiger partial charge in [-0.1, -0.05) is 30.3 Å². The monoisotopic (exact) mass is 432 g/mol. The van der Waals surface area contributed by atoms with E-state index in [1.54, 1.807) is 19.1 Å². The number of halogens is 1. The number of para-hydroxylation sites is 1. The third-order valence-corrected chi connectivity index (χ3v) is 5.69. The fourth-order valence-corrected chi connectivity index (χ4v) is 3.97. The second kappa shape index (κ2) is 9.68. The third kappa shape index (κ3) is 4.99. The molecule has 32 heavy (non-hydrogen) atoms. The number of anilines is 1. The summed E-state index contributed by atoms with van der Waals surface area (Å²) < 4.78 is 13.1. The van der Waals surface area contributed by atoms with Crippen molar-refractivity contribution in [3.63, 3.8) is 0 Å². The highest BCUT2D eigenvalue weighted by Crippen LogP contribution is 2.31. The fourth-order valence-electron chi connectivity index (χ4n) is 3.97. The Kier molecular flexibility index (Phi) is 6.54. The maximum atomic E-state index is 13.1. The summed E-state index contributed by atoms with van der Waals surface area (Å²) in [6.45, 7) is 2.44. The first-order valence-electron chi connectivity index (χ1n) is 10.7. The normalized spacial score (nSPS) is 15.6. The summed E-state index contributed by atoms with van der Waals surface area (Å²) in [5.41, 5.74) is 2.62. The van der Waals surface area contributed by atoms with Crippen molar-refractivity contribution in [2.45, 2.75) is 38.6 Å². The van der Waals surface area contributed by atoms with Crippen LogP contribution in [0.2, 0.25) is 0 Å². The molecular formula is C25H25FN4O2. The summed E-state index contributed by atoms with van der Waals surface area (Å²) in [6.07, 6.45) is 4.11. The molecule has 2 amide bonds. The SMILES string of the molecule is Cc1nc([C@@H]2CCCN2C(=O)CCc2ccc(F)cc2)ncc1C(=O)Nc1ccccc1. The molecule has 2 heterocycles. The minimum atomic E-state index is -0.284. The number of amides is 2. The molecule has 0 spiro atoms. The van der Waals surface area contributed by atoms with Crippen molar-refractivity contribution in [3.05, 3.63) is 89.3 Å². The summed E-state index contributed by atoms with van der Waals surface area (Å²) in [4.78, 5) is 36.3. The summed E-state index contributed by atoms with van der Waals surface area (Å²) >= 11 is 0. The van der Waals surface area contributed by atoms with Crippen LogP contribution in [0.15, 0.2) is 60.8 Å². The molecule has 1 fully saturated rings. The van der Waals surface area contributed by atoms with E-state index in [-0.39, 0.29) is 23.7 Å². The lowest BCUT2D eigenvalue weighted by Gasteiger charge is -2.24. The number of likely N-dealkylation sites (tertiary alicyclic amines) is 1. The summed E-state index contributed by atoms with van der Waals surface area (Å²) in [5, 5.41) is 2.84. The lowest BCUT2D eigenvalue weighted by atomic mass is 10.1. The van der Waals surface area contributed by atoms with Gasteiger partial charge < -0.3 is 10.2 Å². The number of rotatable bonds is 6. The molecule has 0 unspecified atom stereocenters. The standard InChI is InChI=1S/C25H25FN4O2/c1-17-21(25(32)29-20-6-3-2-4-7-20)16-27-24(28-17)22-8-5-15-30(22)23(31)14-11-18-9-12-19(26)13-10-18/h2-4,6-7,9-10,12-13,16,22H,5,8,11,14-15H2,1H3,(H,29,32)/t22-/m0/s1. The van der Waals surface area contributed by atoms with Crippen LogP contribution < -0.4 is 5.32 Å². The highest BCUT2D eigenvalue weighted by atomic mass is 19.1. The molecule has 1 N–H and O–H groups in total. The van der Waals surface area contributed by atoms with E-state index >= 15 is 0 Å². The Morgan fingerprint density at radius 2 is 1.88 bits per heavy atom. The molecule has 1 atom stereocenters. The van der Waals surface area contributed by atoms with Crippen LogP contribution in [0.5, 0.6) is 0 Å². The smallest absolute Gasteiger partial charge is 0.259 e. The van der Waals surface area contributed by atoms with Crippen molar-refractivity contribution < 1.29 is 14.0 Å². The Labute approximate surface area is 186 Å². The molecule has 3 aromatic rings. The van der Waals surface area contributed by atoms with Crippen molar-refractivity contribution in [3.8, 4) is 0 Å². The van der Waals surface area contributed by atoms with E-state index in [1.807, 2.05) is 35.2 Å². The average Bonchev–Trinajstić information content (AvgIpc) is 3.29. The number of carbonyl (C=O) groups excluding carboxylic acids is 2. The summed E-state index contributed by atoms with van der Waals surface area (Å²) in [6, 6.07) is 15.2. The maximum absolute atomic E-state index is 13.1. The quantitative estimate of drug-likeness (QED) is 0.624. The minimum absolute atomic E-state index is 0.0315. The van der Waals surface area contributed by atoms with Gasteiger partial charge in [-0.3, -0.25) is 9.59 Å². The summed E-state index contributed by atoms with van der Waals surface area (Å²) in [7, 11) is 0. The van der Waals surface area contributed by atoms with Crippen molar-refractivity contribution in [2.75, 3.05) is 11.9 Å². The molecule has 1 saturated heterocycles. The van der Waals surface area contributed by atoms with Crippen LogP contribution in [0.25, 0.3) is 0 Å². The van der Waals surface area contributed by atoms with E-state index in [9.17, 15) is 14.0 Å². The first kappa shape index (κ1) is 21.6. The van der Waals surface area contributed by atoms with Crippen LogP contribution in [-0.4, -0.2) is 33.2 Å². The number of nitrogens with zero attached hydrogens (tertiary/aromatic N) is 3. The molecule has 6 nitrogen and oxygen atoms in total. The van der Waals surface area contributed by atoms with Crippen molar-refractivity contribution in [1.29, 1.82) is 0 Å². The number of aryl methyl sites for hydroxylation is 2. The van der Waals surface area contributed by atoms with E-state index in [2.05, 4.69) is 15.3 Å². The Balaban J connectivity index is 1.42. The predicted molar refractivity (Wildman–Crippen MR) is 120 cm³/mol. The molecular weight excluding hydrogens is 407 g/mol. The topological polar surface area (TPSA) is 75.2 Å². The molecule has 1 aromatic heterocycles. The Morgan fingerprint density at radius 1 is 1.12 bits per heavy atom. The van der Waals surface area contributed by atoms with Gasteiger partial charge in [-0.05, 0) is 56.0 Å². The Hall–Kier alpha value is -3.61. The van der Waals surface area contributed by atoms with Crippen LogP contribution in [-0.2, 0) is 11.2 Å². The number of nitrogens with one attached hydrogen (secondary N) is 1. The summed E-state index contributed by atoms with van der Waals surface area (Å²) in [5.74, 6) is 0.0439. The van der Waals surface area contributed by atoms with Crippen molar-refractivity contribution in [1.82, 2.24) is 14.9 Å². The predicted octanol–water partition coefficient (Wildman–Crippen LogP) is 4.47. The zero-order valence-electron chi connectivity index (χ0n) is 17.9. The van der Waals surface area contributed by atoms with E-state index in [0.717, 1.165) is 18.4 Å². The largest absolute Gasteiger partial charge is 0.332 e.